The standard InChI is InChI=1S/C39H40N4O4/c1-26(2)21-34(40-19-10-20-43-24-29-15-8-13-28-14-9-17-32(36(28)29)38(43)45)37(44)42-35(39(46)47-25-27-11-4-3-5-12-27)22-30-23-41-33-18-7-6-16-31(30)33/h3-9,11-19,23,26,34-35,41H,10,20-22,24-25H2,1-2H3,(H,42,44)/t34-,35-/m0/s1. The van der Waals surface area contributed by atoms with Crippen molar-refractivity contribution in [1.82, 2.24) is 15.2 Å². The molecule has 0 spiro atoms. The van der Waals surface area contributed by atoms with Crippen LogP contribution in [0.15, 0.2) is 102 Å². The van der Waals surface area contributed by atoms with Gasteiger partial charge in [-0.25, -0.2) is 4.79 Å². The number of carbonyl (C=O) groups is 3. The van der Waals surface area contributed by atoms with Crippen LogP contribution in [0.3, 0.4) is 0 Å². The Morgan fingerprint density at radius 1 is 0.979 bits per heavy atom. The van der Waals surface area contributed by atoms with Gasteiger partial charge in [-0.3, -0.25) is 14.6 Å². The Hall–Kier alpha value is -5.24. The van der Waals surface area contributed by atoms with E-state index in [9.17, 15) is 14.4 Å². The van der Waals surface area contributed by atoms with Gasteiger partial charge < -0.3 is 19.9 Å². The van der Waals surface area contributed by atoms with Crippen molar-refractivity contribution in [2.75, 3.05) is 6.54 Å². The molecule has 0 fully saturated rings. The number of H-pyrrole nitrogens is 1. The predicted molar refractivity (Wildman–Crippen MR) is 185 cm³/mol. The number of rotatable bonds is 13. The lowest BCUT2D eigenvalue weighted by molar-refractivity contribution is -0.149. The van der Waals surface area contributed by atoms with Crippen LogP contribution in [0.25, 0.3) is 21.7 Å². The number of aromatic nitrogens is 1. The molecule has 2 amide bonds. The van der Waals surface area contributed by atoms with E-state index < -0.39 is 18.1 Å². The lowest BCUT2D eigenvalue weighted by Crippen LogP contribution is -2.47. The van der Waals surface area contributed by atoms with Gasteiger partial charge in [-0.05, 0) is 58.4 Å². The van der Waals surface area contributed by atoms with E-state index in [1.54, 1.807) is 6.21 Å². The smallest absolute Gasteiger partial charge is 0.329 e. The molecular formula is C39H40N4O4. The van der Waals surface area contributed by atoms with Crippen LogP contribution in [0.5, 0.6) is 0 Å². The Labute approximate surface area is 274 Å². The predicted octanol–water partition coefficient (Wildman–Crippen LogP) is 6.62. The summed E-state index contributed by atoms with van der Waals surface area (Å²) < 4.78 is 5.69. The Morgan fingerprint density at radius 3 is 2.55 bits per heavy atom. The fraction of sp³-hybridized carbons (Fsp3) is 0.282. The number of nitrogens with zero attached hydrogens (tertiary/aromatic N) is 2. The Morgan fingerprint density at radius 2 is 1.74 bits per heavy atom. The van der Waals surface area contributed by atoms with E-state index in [-0.39, 0.29) is 30.8 Å². The first-order valence-corrected chi connectivity index (χ1v) is 16.2. The van der Waals surface area contributed by atoms with Gasteiger partial charge >= 0.3 is 5.97 Å². The monoisotopic (exact) mass is 628 g/mol. The minimum Gasteiger partial charge on any atom is -0.459 e. The van der Waals surface area contributed by atoms with Crippen LogP contribution in [-0.4, -0.2) is 52.5 Å². The lowest BCUT2D eigenvalue weighted by Gasteiger charge is -2.28. The molecule has 240 valence electrons. The minimum absolute atomic E-state index is 0.00770. The third-order valence-corrected chi connectivity index (χ3v) is 8.60. The third kappa shape index (κ3) is 7.43. The maximum Gasteiger partial charge on any atom is 0.329 e. The molecule has 4 aromatic carbocycles. The van der Waals surface area contributed by atoms with Gasteiger partial charge in [0.15, 0.2) is 0 Å². The van der Waals surface area contributed by atoms with Crippen LogP contribution in [0.2, 0.25) is 0 Å². The maximum atomic E-state index is 13.7. The molecule has 0 bridgehead atoms. The van der Waals surface area contributed by atoms with Crippen molar-refractivity contribution >= 4 is 45.7 Å². The summed E-state index contributed by atoms with van der Waals surface area (Å²) in [5.74, 6) is -0.626. The van der Waals surface area contributed by atoms with Gasteiger partial charge in [-0.1, -0.05) is 92.7 Å². The molecular weight excluding hydrogens is 588 g/mol. The number of carbonyl (C=O) groups excluding carboxylic acids is 3. The van der Waals surface area contributed by atoms with Crippen molar-refractivity contribution < 1.29 is 19.1 Å². The van der Waals surface area contributed by atoms with E-state index in [2.05, 4.69) is 21.4 Å². The first-order valence-electron chi connectivity index (χ1n) is 16.2. The van der Waals surface area contributed by atoms with Crippen LogP contribution in [0.1, 0.15) is 53.7 Å². The van der Waals surface area contributed by atoms with E-state index in [4.69, 9.17) is 4.74 Å². The molecule has 2 N–H and O–H groups in total. The highest BCUT2D eigenvalue weighted by atomic mass is 16.5. The van der Waals surface area contributed by atoms with Crippen molar-refractivity contribution in [3.05, 3.63) is 119 Å². The minimum atomic E-state index is -0.899. The largest absolute Gasteiger partial charge is 0.459 e. The number of esters is 1. The molecule has 8 nitrogen and oxygen atoms in total. The van der Waals surface area contributed by atoms with Crippen molar-refractivity contribution in [2.24, 2.45) is 10.9 Å². The number of ether oxygens (including phenoxy) is 1. The van der Waals surface area contributed by atoms with E-state index in [1.807, 2.05) is 110 Å². The highest BCUT2D eigenvalue weighted by molar-refractivity contribution is 6.10. The van der Waals surface area contributed by atoms with Crippen LogP contribution in [0.4, 0.5) is 0 Å². The molecule has 5 aromatic rings. The summed E-state index contributed by atoms with van der Waals surface area (Å²) >= 11 is 0. The first-order chi connectivity index (χ1) is 22.9. The molecule has 0 saturated carbocycles. The Kier molecular flexibility index (Phi) is 9.76. The second-order valence-corrected chi connectivity index (χ2v) is 12.5. The van der Waals surface area contributed by atoms with E-state index in [1.165, 1.54) is 0 Å². The van der Waals surface area contributed by atoms with Gasteiger partial charge in [0.1, 0.15) is 18.7 Å². The number of amides is 2. The molecule has 1 aromatic heterocycles. The van der Waals surface area contributed by atoms with Crippen LogP contribution < -0.4 is 5.32 Å². The molecule has 0 aliphatic carbocycles. The zero-order chi connectivity index (χ0) is 32.8. The third-order valence-electron chi connectivity index (χ3n) is 8.60. The molecule has 8 heteroatoms. The van der Waals surface area contributed by atoms with E-state index in [0.29, 0.717) is 25.9 Å². The maximum absolute atomic E-state index is 13.7. The van der Waals surface area contributed by atoms with Gasteiger partial charge in [-0.15, -0.1) is 0 Å². The average Bonchev–Trinajstić information content (AvgIpc) is 3.49. The van der Waals surface area contributed by atoms with E-state index in [0.717, 1.165) is 43.9 Å². The summed E-state index contributed by atoms with van der Waals surface area (Å²) in [6.07, 6.45) is 4.90. The van der Waals surface area contributed by atoms with Gasteiger partial charge in [0.25, 0.3) is 5.91 Å². The number of fused-ring (bicyclic) bond motifs is 1. The summed E-state index contributed by atoms with van der Waals surface area (Å²) in [5.41, 5.74) is 4.59. The molecule has 0 saturated heterocycles. The highest BCUT2D eigenvalue weighted by Gasteiger charge is 2.29. The van der Waals surface area contributed by atoms with Gasteiger partial charge in [0.2, 0.25) is 5.91 Å². The fourth-order valence-electron chi connectivity index (χ4n) is 6.27. The molecule has 1 aliphatic heterocycles. The summed E-state index contributed by atoms with van der Waals surface area (Å²) in [5, 5.41) is 6.07. The van der Waals surface area contributed by atoms with Crippen LogP contribution in [0, 0.1) is 5.92 Å². The topological polar surface area (TPSA) is 104 Å². The second kappa shape index (κ2) is 14.5. The lowest BCUT2D eigenvalue weighted by atomic mass is 9.94. The average molecular weight is 629 g/mol. The molecule has 1 aliphatic rings. The normalized spacial score (nSPS) is 14.2. The first kappa shape index (κ1) is 31.7. The Balaban J connectivity index is 1.14. The van der Waals surface area contributed by atoms with Crippen molar-refractivity contribution in [2.45, 2.75) is 58.3 Å². The zero-order valence-electron chi connectivity index (χ0n) is 26.8. The summed E-state index contributed by atoms with van der Waals surface area (Å²) in [6, 6.07) is 27.7. The molecule has 6 rings (SSSR count). The molecule has 0 unspecified atom stereocenters. The summed E-state index contributed by atoms with van der Waals surface area (Å²) in [4.78, 5) is 50.3. The summed E-state index contributed by atoms with van der Waals surface area (Å²) in [7, 11) is 0. The van der Waals surface area contributed by atoms with Gasteiger partial charge in [-0.2, -0.15) is 0 Å². The molecule has 2 atom stereocenters. The van der Waals surface area contributed by atoms with Crippen LogP contribution >= 0.6 is 0 Å². The van der Waals surface area contributed by atoms with Gasteiger partial charge in [0, 0.05) is 48.4 Å². The number of hydrogen-bond acceptors (Lipinski definition) is 5. The second-order valence-electron chi connectivity index (χ2n) is 12.5. The zero-order valence-corrected chi connectivity index (χ0v) is 26.8. The van der Waals surface area contributed by atoms with Gasteiger partial charge in [0.05, 0.1) is 0 Å². The van der Waals surface area contributed by atoms with Crippen molar-refractivity contribution in [1.29, 1.82) is 0 Å². The van der Waals surface area contributed by atoms with Crippen LogP contribution in [-0.2, 0) is 33.9 Å². The number of aromatic amines is 1. The van der Waals surface area contributed by atoms with Crippen molar-refractivity contribution in [3.63, 3.8) is 0 Å². The molecule has 2 heterocycles. The fourth-order valence-corrected chi connectivity index (χ4v) is 6.27. The number of para-hydroxylation sites is 1. The highest BCUT2D eigenvalue weighted by Crippen LogP contribution is 2.30. The Bertz CT molecular complexity index is 1910. The molecule has 0 radical (unpaired) electrons. The number of aliphatic imine (C=N–C) groups is 1. The molecule has 47 heavy (non-hydrogen) atoms. The SMILES string of the molecule is CC(C)C[C@H](N=CCCN1Cc2cccc3cccc(c23)C1=O)C(=O)N[C@@H](Cc1c[nH]c2ccccc12)C(=O)OCc1ccccc1. The quantitative estimate of drug-likeness (QED) is 0.113. The van der Waals surface area contributed by atoms with Crippen molar-refractivity contribution in [3.8, 4) is 0 Å². The number of nitrogens with one attached hydrogen (secondary N) is 2. The number of hydrogen-bond donors (Lipinski definition) is 2. The van der Waals surface area contributed by atoms with E-state index >= 15 is 0 Å². The number of benzene rings is 4. The summed E-state index contributed by atoms with van der Waals surface area (Å²) in [6.45, 7) is 5.22.